The molecule has 0 bridgehead atoms. The van der Waals surface area contributed by atoms with E-state index in [-0.39, 0.29) is 5.03 Å². The summed E-state index contributed by atoms with van der Waals surface area (Å²) in [6.45, 7) is 0. The Kier molecular flexibility index (Phi) is 2.36. The number of thiol groups is 1. The number of hydrogen-bond acceptors (Lipinski definition) is 3. The number of H-pyrrole nitrogens is 1. The molecule has 1 aromatic rings. The molecule has 0 saturated carbocycles. The second-order valence-electron chi connectivity index (χ2n) is 1.51. The van der Waals surface area contributed by atoms with Crippen LogP contribution in [0.25, 0.3) is 0 Å². The van der Waals surface area contributed by atoms with Crippen LogP contribution < -0.4 is 0 Å². The first-order chi connectivity index (χ1) is 4.72. The average Bonchev–Trinajstić information content (AvgIpc) is 2.36. The lowest BCUT2D eigenvalue weighted by atomic mass is 10.7. The predicted octanol–water partition coefficient (Wildman–Crippen LogP) is -0.351. The molecule has 0 aromatic carbocycles. The van der Waals surface area contributed by atoms with E-state index in [1.165, 1.54) is 12.3 Å². The van der Waals surface area contributed by atoms with Crippen LogP contribution in [0.15, 0.2) is 23.4 Å². The molecule has 0 aliphatic carbocycles. The maximum Gasteiger partial charge on any atom is 0.310 e. The van der Waals surface area contributed by atoms with Gasteiger partial charge in [0.1, 0.15) is 10.2 Å². The summed E-state index contributed by atoms with van der Waals surface area (Å²) in [7, 11) is -4.78. The Balaban J connectivity index is 2.87. The van der Waals surface area contributed by atoms with E-state index in [9.17, 15) is 13.0 Å². The van der Waals surface area contributed by atoms with Crippen molar-refractivity contribution in [3.8, 4) is 0 Å². The Bertz CT molecular complexity index is 258. The van der Waals surface area contributed by atoms with Crippen LogP contribution in [0.3, 0.4) is 0 Å². The SMILES string of the molecule is O=[SH](=O)[S+]([O-])c1ccc[nH]1. The van der Waals surface area contributed by atoms with Crippen molar-refractivity contribution in [2.24, 2.45) is 0 Å². The highest BCUT2D eigenvalue weighted by molar-refractivity contribution is 8.59. The summed E-state index contributed by atoms with van der Waals surface area (Å²) in [6.07, 6.45) is 1.52. The summed E-state index contributed by atoms with van der Waals surface area (Å²) < 4.78 is 30.9. The standard InChI is InChI=1S/C4H5NO3S2/c6-9(10(7)8)4-2-1-3-5-4/h1-3,5,10H. The second kappa shape index (κ2) is 3.09. The Hall–Kier alpha value is -0.460. The highest BCUT2D eigenvalue weighted by atomic mass is 33.1. The molecule has 0 spiro atoms. The molecule has 0 radical (unpaired) electrons. The molecule has 0 aliphatic heterocycles. The minimum absolute atomic E-state index is 0.219. The fourth-order valence-corrected chi connectivity index (χ4v) is 1.85. The molecule has 0 aliphatic rings. The Morgan fingerprint density at radius 2 is 2.30 bits per heavy atom. The van der Waals surface area contributed by atoms with Crippen molar-refractivity contribution in [3.05, 3.63) is 18.3 Å². The molecule has 6 heteroatoms. The third kappa shape index (κ3) is 1.53. The molecule has 0 fully saturated rings. The van der Waals surface area contributed by atoms with E-state index in [1.54, 1.807) is 6.07 Å². The van der Waals surface area contributed by atoms with Crippen molar-refractivity contribution >= 4 is 19.9 Å². The smallest absolute Gasteiger partial charge is 0.310 e. The zero-order valence-corrected chi connectivity index (χ0v) is 6.52. The highest BCUT2D eigenvalue weighted by Crippen LogP contribution is 2.06. The molecule has 1 rings (SSSR count). The molecule has 0 amide bonds. The molecule has 1 aromatic heterocycles. The largest absolute Gasteiger partial charge is 0.595 e. The van der Waals surface area contributed by atoms with Gasteiger partial charge in [-0.1, -0.05) is 0 Å². The Morgan fingerprint density at radius 1 is 1.60 bits per heavy atom. The summed E-state index contributed by atoms with van der Waals surface area (Å²) in [5.41, 5.74) is 0. The van der Waals surface area contributed by atoms with Crippen molar-refractivity contribution in [1.29, 1.82) is 0 Å². The van der Waals surface area contributed by atoms with E-state index in [2.05, 4.69) is 4.98 Å². The maximum atomic E-state index is 10.7. The summed E-state index contributed by atoms with van der Waals surface area (Å²) in [6, 6.07) is 3.05. The van der Waals surface area contributed by atoms with E-state index >= 15 is 0 Å². The van der Waals surface area contributed by atoms with Gasteiger partial charge in [0, 0.05) is 12.3 Å². The molecule has 56 valence electrons. The Labute approximate surface area is 61.8 Å². The van der Waals surface area contributed by atoms with Gasteiger partial charge in [0.15, 0.2) is 0 Å². The van der Waals surface area contributed by atoms with Crippen molar-refractivity contribution in [3.63, 3.8) is 0 Å². The van der Waals surface area contributed by atoms with Gasteiger partial charge >= 0.3 is 9.74 Å². The second-order valence-corrected chi connectivity index (χ2v) is 4.78. The van der Waals surface area contributed by atoms with Crippen LogP contribution in [0.2, 0.25) is 0 Å². The minimum atomic E-state index is -2.87. The van der Waals surface area contributed by atoms with Gasteiger partial charge in [0.2, 0.25) is 5.03 Å². The minimum Gasteiger partial charge on any atom is -0.595 e. The van der Waals surface area contributed by atoms with Gasteiger partial charge in [-0.2, -0.15) is 8.42 Å². The van der Waals surface area contributed by atoms with E-state index in [0.29, 0.717) is 0 Å². The fourth-order valence-electron chi connectivity index (χ4n) is 0.503. The van der Waals surface area contributed by atoms with Crippen LogP contribution in [-0.2, 0) is 19.9 Å². The van der Waals surface area contributed by atoms with Gasteiger partial charge in [-0.15, -0.1) is 0 Å². The lowest BCUT2D eigenvalue weighted by molar-refractivity contribution is 0.590. The molecule has 1 unspecified atom stereocenters. The molecule has 1 N–H and O–H groups in total. The lowest BCUT2D eigenvalue weighted by Gasteiger charge is -1.95. The zero-order valence-electron chi connectivity index (χ0n) is 4.81. The van der Waals surface area contributed by atoms with Crippen LogP contribution in [0, 0.1) is 0 Å². The normalized spacial score (nSPS) is 13.8. The topological polar surface area (TPSA) is 73.0 Å². The van der Waals surface area contributed by atoms with Crippen molar-refractivity contribution in [2.45, 2.75) is 5.03 Å². The highest BCUT2D eigenvalue weighted by Gasteiger charge is 2.12. The van der Waals surface area contributed by atoms with E-state index in [1.807, 2.05) is 0 Å². The van der Waals surface area contributed by atoms with Crippen molar-refractivity contribution < 1.29 is 13.0 Å². The first-order valence-electron chi connectivity index (χ1n) is 2.41. The molecular weight excluding hydrogens is 174 g/mol. The lowest BCUT2D eigenvalue weighted by Crippen LogP contribution is -2.01. The summed E-state index contributed by atoms with van der Waals surface area (Å²) in [4.78, 5) is 2.53. The van der Waals surface area contributed by atoms with E-state index in [0.717, 1.165) is 0 Å². The number of hydrogen-bond donors (Lipinski definition) is 2. The maximum absolute atomic E-state index is 10.7. The Morgan fingerprint density at radius 3 is 2.70 bits per heavy atom. The van der Waals surface area contributed by atoms with Gasteiger partial charge in [-0.05, 0) is 6.07 Å². The van der Waals surface area contributed by atoms with Gasteiger partial charge < -0.3 is 9.54 Å². The van der Waals surface area contributed by atoms with Gasteiger partial charge in [0.25, 0.3) is 0 Å². The molecule has 0 saturated heterocycles. The predicted molar refractivity (Wildman–Crippen MR) is 37.5 cm³/mol. The summed E-state index contributed by atoms with van der Waals surface area (Å²) in [5.74, 6) is 0. The van der Waals surface area contributed by atoms with Crippen LogP contribution in [0.5, 0.6) is 0 Å². The first kappa shape index (κ1) is 7.64. The van der Waals surface area contributed by atoms with Crippen LogP contribution in [0.4, 0.5) is 0 Å². The van der Waals surface area contributed by atoms with Crippen LogP contribution in [-0.4, -0.2) is 18.0 Å². The first-order valence-corrected chi connectivity index (χ1v) is 5.35. The molecule has 10 heavy (non-hydrogen) atoms. The monoisotopic (exact) mass is 179 g/mol. The van der Waals surface area contributed by atoms with Crippen molar-refractivity contribution in [2.75, 3.05) is 0 Å². The van der Waals surface area contributed by atoms with Gasteiger partial charge in [0.05, 0.1) is 0 Å². The third-order valence-electron chi connectivity index (χ3n) is 0.893. The average molecular weight is 179 g/mol. The quantitative estimate of drug-likeness (QED) is 0.370. The molecule has 1 atom stereocenters. The summed E-state index contributed by atoms with van der Waals surface area (Å²) >= 11 is 0. The number of nitrogens with one attached hydrogen (secondary N) is 1. The van der Waals surface area contributed by atoms with Gasteiger partial charge in [-0.25, -0.2) is 0 Å². The number of aromatic nitrogens is 1. The van der Waals surface area contributed by atoms with Crippen molar-refractivity contribution in [1.82, 2.24) is 4.98 Å². The number of aromatic amines is 1. The molecular formula is C4H5NO3S2. The van der Waals surface area contributed by atoms with Crippen LogP contribution in [0.1, 0.15) is 0 Å². The number of rotatable bonds is 2. The zero-order chi connectivity index (χ0) is 7.56. The summed E-state index contributed by atoms with van der Waals surface area (Å²) in [5, 5.41) is 0.219. The van der Waals surface area contributed by atoms with E-state index < -0.39 is 19.9 Å². The van der Waals surface area contributed by atoms with E-state index in [4.69, 9.17) is 0 Å². The third-order valence-corrected chi connectivity index (χ3v) is 3.20. The van der Waals surface area contributed by atoms with Crippen LogP contribution >= 0.6 is 0 Å². The van der Waals surface area contributed by atoms with Gasteiger partial charge in [-0.3, -0.25) is 0 Å². The molecule has 1 heterocycles. The molecule has 4 nitrogen and oxygen atoms in total. The fraction of sp³-hybridized carbons (Fsp3) is 0.